The molecule has 1 N–H and O–H groups in total. The van der Waals surface area contributed by atoms with Crippen molar-refractivity contribution in [1.29, 1.82) is 0 Å². The number of carbonyl (C=O) groups is 2. The Bertz CT molecular complexity index is 1510. The lowest BCUT2D eigenvalue weighted by molar-refractivity contribution is -0.870. The van der Waals surface area contributed by atoms with E-state index < -0.39 is 26.6 Å². The van der Waals surface area contributed by atoms with Crippen LogP contribution in [0, 0.1) is 0 Å². The molecule has 416 valence electrons. The number of allylic oxidation sites excluding steroid dienone is 13. The first-order valence-corrected chi connectivity index (χ1v) is 30.9. The summed E-state index contributed by atoms with van der Waals surface area (Å²) in [5.41, 5.74) is 0. The first-order chi connectivity index (χ1) is 34.9. The van der Waals surface area contributed by atoms with E-state index in [4.69, 9.17) is 13.8 Å². The van der Waals surface area contributed by atoms with E-state index in [9.17, 15) is 19.0 Å². The standard InChI is InChI=1S/C62H111N2O7P/c1-7-10-13-16-19-22-25-28-30-32-34-36-39-42-45-48-51-54-61(65)63-59(58-70-72(67,68)69-57-56-64(4,5)6)60(53-50-47-44-41-38-27-24-21-18-15-12-9-3)71-62(66)55-52-49-46-43-40-37-35-33-31-29-26-23-20-17-14-11-8-2/h19-20,22-23,28-31,34-37,50,53,59-60H,7-18,21,24-27,32-33,38-49,51-52,54-58H2,1-6H3,(H-,63,65,67,68)/b22-19-,23-20-,30-28-,31-29-,36-34-,37-35-,53-50+. The Balaban J connectivity index is 5.42. The maximum Gasteiger partial charge on any atom is 0.306 e. The molecule has 3 atom stereocenters. The van der Waals surface area contributed by atoms with Gasteiger partial charge >= 0.3 is 5.97 Å². The number of carbonyl (C=O) groups excluding carboxylic acids is 2. The lowest BCUT2D eigenvalue weighted by Crippen LogP contribution is -2.47. The zero-order chi connectivity index (χ0) is 52.9. The third-order valence-electron chi connectivity index (χ3n) is 12.5. The summed E-state index contributed by atoms with van der Waals surface area (Å²) in [6.07, 6.45) is 66.8. The highest BCUT2D eigenvalue weighted by Crippen LogP contribution is 2.38. The van der Waals surface area contributed by atoms with Crippen molar-refractivity contribution < 1.29 is 37.3 Å². The Kier molecular flexibility index (Phi) is 49.6. The van der Waals surface area contributed by atoms with Crippen molar-refractivity contribution >= 4 is 19.7 Å². The van der Waals surface area contributed by atoms with Gasteiger partial charge in [-0.2, -0.15) is 0 Å². The minimum atomic E-state index is -4.71. The summed E-state index contributed by atoms with van der Waals surface area (Å²) in [6, 6.07) is -0.913. The van der Waals surface area contributed by atoms with E-state index in [0.29, 0.717) is 23.9 Å². The summed E-state index contributed by atoms with van der Waals surface area (Å²) in [5.74, 6) is -0.595. The molecule has 0 saturated heterocycles. The number of esters is 1. The van der Waals surface area contributed by atoms with Gasteiger partial charge in [0, 0.05) is 12.8 Å². The van der Waals surface area contributed by atoms with Crippen molar-refractivity contribution in [2.75, 3.05) is 40.9 Å². The fourth-order valence-corrected chi connectivity index (χ4v) is 8.67. The van der Waals surface area contributed by atoms with Crippen LogP contribution in [-0.4, -0.2) is 69.4 Å². The number of phosphoric ester groups is 1. The zero-order valence-corrected chi connectivity index (χ0v) is 48.3. The second-order valence-electron chi connectivity index (χ2n) is 20.8. The van der Waals surface area contributed by atoms with Crippen LogP contribution in [0.3, 0.4) is 0 Å². The molecule has 0 spiro atoms. The molecule has 0 saturated carbocycles. The molecule has 0 rings (SSSR count). The second kappa shape index (κ2) is 51.7. The highest BCUT2D eigenvalue weighted by molar-refractivity contribution is 7.45. The Morgan fingerprint density at radius 2 is 0.847 bits per heavy atom. The largest absolute Gasteiger partial charge is 0.756 e. The van der Waals surface area contributed by atoms with Crippen molar-refractivity contribution in [3.63, 3.8) is 0 Å². The van der Waals surface area contributed by atoms with Gasteiger partial charge in [-0.1, -0.05) is 209 Å². The van der Waals surface area contributed by atoms with Gasteiger partial charge in [-0.25, -0.2) is 0 Å². The van der Waals surface area contributed by atoms with E-state index in [1.54, 1.807) is 0 Å². The number of hydrogen-bond acceptors (Lipinski definition) is 7. The van der Waals surface area contributed by atoms with E-state index >= 15 is 0 Å². The van der Waals surface area contributed by atoms with Crippen molar-refractivity contribution in [3.8, 4) is 0 Å². The number of amides is 1. The van der Waals surface area contributed by atoms with Crippen LogP contribution >= 0.6 is 7.82 Å². The minimum absolute atomic E-state index is 0.0343. The molecule has 1 amide bonds. The molecular weight excluding hydrogens is 916 g/mol. The van der Waals surface area contributed by atoms with E-state index in [1.165, 1.54) is 103 Å². The summed E-state index contributed by atoms with van der Waals surface area (Å²) < 4.78 is 30.2. The van der Waals surface area contributed by atoms with E-state index in [1.807, 2.05) is 33.3 Å². The maximum absolute atomic E-state index is 13.5. The molecule has 72 heavy (non-hydrogen) atoms. The molecule has 0 fully saturated rings. The number of rotatable bonds is 52. The van der Waals surface area contributed by atoms with Crippen molar-refractivity contribution in [2.45, 2.75) is 258 Å². The quantitative estimate of drug-likeness (QED) is 0.0212. The number of phosphoric acid groups is 1. The van der Waals surface area contributed by atoms with Crippen LogP contribution in [-0.2, 0) is 27.9 Å². The van der Waals surface area contributed by atoms with Crippen LogP contribution in [0.15, 0.2) is 85.1 Å². The predicted molar refractivity (Wildman–Crippen MR) is 307 cm³/mol. The first-order valence-electron chi connectivity index (χ1n) is 29.4. The minimum Gasteiger partial charge on any atom is -0.756 e. The molecule has 10 heteroatoms. The van der Waals surface area contributed by atoms with Crippen molar-refractivity contribution in [2.24, 2.45) is 0 Å². The van der Waals surface area contributed by atoms with Gasteiger partial charge in [0.2, 0.25) is 5.91 Å². The number of unbranched alkanes of at least 4 members (excludes halogenated alkanes) is 24. The normalized spacial score (nSPS) is 14.4. The SMILES string of the molecule is CCCCC/C=C\C/C=C\C/C=C\CCCCCCC(=O)NC(COP(=O)([O-])OCC[N+](C)(C)C)C(/C=C/CCCCCCCCCCCC)OC(=O)CCCCCC/C=C\C/C=C\C/C=C\CCCCC. The molecule has 0 aromatic rings. The molecule has 0 aliphatic heterocycles. The molecule has 0 heterocycles. The molecule has 0 radical (unpaired) electrons. The van der Waals surface area contributed by atoms with Crippen LogP contribution in [0.2, 0.25) is 0 Å². The van der Waals surface area contributed by atoms with E-state index in [-0.39, 0.29) is 31.3 Å². The van der Waals surface area contributed by atoms with Gasteiger partial charge in [-0.3, -0.25) is 14.2 Å². The van der Waals surface area contributed by atoms with Gasteiger partial charge in [0.05, 0.1) is 33.8 Å². The Morgan fingerprint density at radius 1 is 0.486 bits per heavy atom. The summed E-state index contributed by atoms with van der Waals surface area (Å²) in [4.78, 5) is 39.9. The monoisotopic (exact) mass is 1030 g/mol. The number of hydrogen-bond donors (Lipinski definition) is 1. The fourth-order valence-electron chi connectivity index (χ4n) is 7.95. The topological polar surface area (TPSA) is 114 Å². The number of quaternary nitrogens is 1. The Hall–Kier alpha value is -2.81. The number of likely N-dealkylation sites (N-methyl/N-ethyl adjacent to an activating group) is 1. The molecule has 3 unspecified atom stereocenters. The summed E-state index contributed by atoms with van der Waals surface area (Å²) in [6.45, 7) is 6.74. The molecule has 0 aromatic carbocycles. The summed E-state index contributed by atoms with van der Waals surface area (Å²) in [5, 5.41) is 3.00. The van der Waals surface area contributed by atoms with Crippen LogP contribution in [0.25, 0.3) is 0 Å². The number of nitrogens with zero attached hydrogens (tertiary/aromatic N) is 1. The average molecular weight is 1030 g/mol. The van der Waals surface area contributed by atoms with Gasteiger partial charge in [-0.15, -0.1) is 0 Å². The maximum atomic E-state index is 13.5. The van der Waals surface area contributed by atoms with Crippen LogP contribution in [0.5, 0.6) is 0 Å². The van der Waals surface area contributed by atoms with Crippen LogP contribution < -0.4 is 10.2 Å². The molecule has 0 aromatic heterocycles. The van der Waals surface area contributed by atoms with Gasteiger partial charge in [0.15, 0.2) is 0 Å². The highest BCUT2D eigenvalue weighted by Gasteiger charge is 2.27. The molecular formula is C62H111N2O7P. The Labute approximate surface area is 444 Å². The molecule has 9 nitrogen and oxygen atoms in total. The number of nitrogens with one attached hydrogen (secondary N) is 1. The third-order valence-corrected chi connectivity index (χ3v) is 13.5. The Morgan fingerprint density at radius 3 is 1.29 bits per heavy atom. The predicted octanol–water partition coefficient (Wildman–Crippen LogP) is 17.2. The van der Waals surface area contributed by atoms with Crippen molar-refractivity contribution in [3.05, 3.63) is 85.1 Å². The van der Waals surface area contributed by atoms with Crippen molar-refractivity contribution in [1.82, 2.24) is 5.32 Å². The average Bonchev–Trinajstić information content (AvgIpc) is 3.34. The third kappa shape index (κ3) is 52.1. The first kappa shape index (κ1) is 69.2. The molecule has 0 bridgehead atoms. The van der Waals surface area contributed by atoms with E-state index in [2.05, 4.69) is 99.0 Å². The lowest BCUT2D eigenvalue weighted by Gasteiger charge is -2.30. The summed E-state index contributed by atoms with van der Waals surface area (Å²) >= 11 is 0. The van der Waals surface area contributed by atoms with Crippen LogP contribution in [0.1, 0.15) is 245 Å². The van der Waals surface area contributed by atoms with Crippen LogP contribution in [0.4, 0.5) is 0 Å². The van der Waals surface area contributed by atoms with E-state index in [0.717, 1.165) is 96.3 Å². The second-order valence-corrected chi connectivity index (χ2v) is 22.2. The smallest absolute Gasteiger partial charge is 0.306 e. The zero-order valence-electron chi connectivity index (χ0n) is 47.4. The highest BCUT2D eigenvalue weighted by atomic mass is 31.2. The van der Waals surface area contributed by atoms with Gasteiger partial charge in [-0.05, 0) is 109 Å². The van der Waals surface area contributed by atoms with Gasteiger partial charge in [0.1, 0.15) is 19.3 Å². The lowest BCUT2D eigenvalue weighted by atomic mass is 10.0. The van der Waals surface area contributed by atoms with Gasteiger partial charge < -0.3 is 28.5 Å². The molecule has 0 aliphatic carbocycles. The summed E-state index contributed by atoms with van der Waals surface area (Å²) in [7, 11) is 1.15. The van der Waals surface area contributed by atoms with Gasteiger partial charge in [0.25, 0.3) is 7.82 Å². The fraction of sp³-hybridized carbons (Fsp3) is 0.742. The number of ether oxygens (including phenoxy) is 1. The molecule has 0 aliphatic rings.